The first-order valence-corrected chi connectivity index (χ1v) is 5.62. The lowest BCUT2D eigenvalue weighted by molar-refractivity contribution is 0.355. The first-order valence-electron chi connectivity index (χ1n) is 5.24. The molecular weight excluding hydrogens is 240 g/mol. The van der Waals surface area contributed by atoms with Gasteiger partial charge in [-0.3, -0.25) is 4.99 Å². The summed E-state index contributed by atoms with van der Waals surface area (Å²) in [5.74, 6) is 1.47. The fourth-order valence-electron chi connectivity index (χ4n) is 1.42. The number of nitrogens with two attached hydrogens (primary N) is 1. The maximum Gasteiger partial charge on any atom is 0.179 e. The van der Waals surface area contributed by atoms with E-state index in [0.29, 0.717) is 22.4 Å². The molecule has 0 spiro atoms. The van der Waals surface area contributed by atoms with Gasteiger partial charge in [-0.05, 0) is 26.0 Å². The van der Waals surface area contributed by atoms with Gasteiger partial charge in [0.15, 0.2) is 11.5 Å². The van der Waals surface area contributed by atoms with Crippen LogP contribution in [0.3, 0.4) is 0 Å². The van der Waals surface area contributed by atoms with E-state index >= 15 is 0 Å². The minimum absolute atomic E-state index is 0.127. The van der Waals surface area contributed by atoms with Gasteiger partial charge in [0.25, 0.3) is 0 Å². The molecular formula is C12H17ClN2O2. The van der Waals surface area contributed by atoms with Gasteiger partial charge in [0, 0.05) is 11.6 Å². The predicted octanol–water partition coefficient (Wildman–Crippen LogP) is 2.47. The van der Waals surface area contributed by atoms with Crippen LogP contribution < -0.4 is 15.2 Å². The van der Waals surface area contributed by atoms with Crippen molar-refractivity contribution < 1.29 is 9.47 Å². The molecule has 0 bridgehead atoms. The summed E-state index contributed by atoms with van der Waals surface area (Å²) in [5, 5.41) is 0.448. The van der Waals surface area contributed by atoms with Gasteiger partial charge in [0.2, 0.25) is 0 Å². The maximum absolute atomic E-state index is 6.08. The summed E-state index contributed by atoms with van der Waals surface area (Å²) in [5.41, 5.74) is 6.60. The summed E-state index contributed by atoms with van der Waals surface area (Å²) >= 11 is 6.08. The second-order valence-electron chi connectivity index (χ2n) is 3.80. The van der Waals surface area contributed by atoms with Gasteiger partial charge in [-0.1, -0.05) is 11.6 Å². The Morgan fingerprint density at radius 2 is 1.94 bits per heavy atom. The summed E-state index contributed by atoms with van der Waals surface area (Å²) in [4.78, 5) is 4.26. The van der Waals surface area contributed by atoms with Crippen LogP contribution in [0.2, 0.25) is 5.02 Å². The largest absolute Gasteiger partial charge is 0.493 e. The summed E-state index contributed by atoms with van der Waals surface area (Å²) in [6.07, 6.45) is 0. The summed E-state index contributed by atoms with van der Waals surface area (Å²) < 4.78 is 10.3. The van der Waals surface area contributed by atoms with E-state index < -0.39 is 0 Å². The van der Waals surface area contributed by atoms with Crippen molar-refractivity contribution in [1.82, 2.24) is 0 Å². The second kappa shape index (κ2) is 5.77. The topological polar surface area (TPSA) is 56.8 Å². The van der Waals surface area contributed by atoms with E-state index in [1.165, 1.54) is 7.11 Å². The molecule has 0 aliphatic heterocycles. The minimum Gasteiger partial charge on any atom is -0.493 e. The highest BCUT2D eigenvalue weighted by Gasteiger charge is 2.12. The molecule has 0 aromatic heterocycles. The third-order valence-corrected chi connectivity index (χ3v) is 2.41. The molecule has 0 saturated heterocycles. The molecule has 0 amide bonds. The molecule has 0 radical (unpaired) electrons. The van der Waals surface area contributed by atoms with Crippen LogP contribution in [-0.4, -0.2) is 26.1 Å². The van der Waals surface area contributed by atoms with E-state index in [1.54, 1.807) is 19.2 Å². The molecule has 17 heavy (non-hydrogen) atoms. The summed E-state index contributed by atoms with van der Waals surface area (Å²) in [6, 6.07) is 3.60. The Morgan fingerprint density at radius 1 is 1.29 bits per heavy atom. The quantitative estimate of drug-likeness (QED) is 0.665. The van der Waals surface area contributed by atoms with Crippen LogP contribution in [0.4, 0.5) is 0 Å². The fraction of sp³-hybridized carbons (Fsp3) is 0.417. The number of nitrogens with zero attached hydrogens (tertiary/aromatic N) is 1. The van der Waals surface area contributed by atoms with Crippen molar-refractivity contribution in [2.24, 2.45) is 10.7 Å². The molecule has 4 nitrogen and oxygen atoms in total. The third kappa shape index (κ3) is 3.27. The lowest BCUT2D eigenvalue weighted by Crippen LogP contribution is -2.16. The maximum atomic E-state index is 6.08. The highest BCUT2D eigenvalue weighted by atomic mass is 35.5. The number of rotatable bonds is 4. The fourth-order valence-corrected chi connectivity index (χ4v) is 1.71. The third-order valence-electron chi connectivity index (χ3n) is 2.13. The molecule has 94 valence electrons. The molecule has 5 heteroatoms. The lowest BCUT2D eigenvalue weighted by Gasteiger charge is -2.12. The number of ether oxygens (including phenoxy) is 2. The van der Waals surface area contributed by atoms with Gasteiger partial charge in [-0.15, -0.1) is 0 Å². The molecule has 1 rings (SSSR count). The highest BCUT2D eigenvalue weighted by Crippen LogP contribution is 2.35. The SMILES string of the molecule is COc1cc(C(N)=NC(C)C)cc(Cl)c1OC. The van der Waals surface area contributed by atoms with Crippen molar-refractivity contribution in [3.63, 3.8) is 0 Å². The smallest absolute Gasteiger partial charge is 0.179 e. The van der Waals surface area contributed by atoms with Crippen LogP contribution in [0.1, 0.15) is 19.4 Å². The van der Waals surface area contributed by atoms with Crippen LogP contribution in [0, 0.1) is 0 Å². The Morgan fingerprint density at radius 3 is 2.41 bits per heavy atom. The Labute approximate surface area is 106 Å². The van der Waals surface area contributed by atoms with E-state index in [1.807, 2.05) is 13.8 Å². The predicted molar refractivity (Wildman–Crippen MR) is 70.4 cm³/mol. The van der Waals surface area contributed by atoms with Gasteiger partial charge in [0.1, 0.15) is 5.84 Å². The first-order chi connectivity index (χ1) is 7.99. The molecule has 0 aliphatic rings. The zero-order chi connectivity index (χ0) is 13.0. The number of hydrogen-bond donors (Lipinski definition) is 1. The standard InChI is InChI=1S/C12H17ClN2O2/c1-7(2)15-12(14)8-5-9(13)11(17-4)10(6-8)16-3/h5-7H,1-4H3,(H2,14,15). The van der Waals surface area contributed by atoms with Gasteiger partial charge < -0.3 is 15.2 Å². The number of halogens is 1. The van der Waals surface area contributed by atoms with Crippen molar-refractivity contribution in [3.8, 4) is 11.5 Å². The first kappa shape index (κ1) is 13.6. The molecule has 0 unspecified atom stereocenters. The van der Waals surface area contributed by atoms with E-state index in [9.17, 15) is 0 Å². The van der Waals surface area contributed by atoms with Crippen molar-refractivity contribution >= 4 is 17.4 Å². The van der Waals surface area contributed by atoms with E-state index in [0.717, 1.165) is 5.56 Å². The van der Waals surface area contributed by atoms with E-state index in [2.05, 4.69) is 4.99 Å². The van der Waals surface area contributed by atoms with Gasteiger partial charge in [-0.25, -0.2) is 0 Å². The van der Waals surface area contributed by atoms with Crippen molar-refractivity contribution in [1.29, 1.82) is 0 Å². The Bertz CT molecular complexity index is 431. The number of benzene rings is 1. The number of hydrogen-bond acceptors (Lipinski definition) is 3. The number of aliphatic imine (C=N–C) groups is 1. The van der Waals surface area contributed by atoms with Crippen molar-refractivity contribution in [2.75, 3.05) is 14.2 Å². The van der Waals surface area contributed by atoms with Crippen LogP contribution >= 0.6 is 11.6 Å². The monoisotopic (exact) mass is 256 g/mol. The molecule has 1 aromatic carbocycles. The highest BCUT2D eigenvalue weighted by molar-refractivity contribution is 6.32. The van der Waals surface area contributed by atoms with Crippen LogP contribution in [-0.2, 0) is 0 Å². The zero-order valence-corrected chi connectivity index (χ0v) is 11.2. The Hall–Kier alpha value is -1.42. The average Bonchev–Trinajstić information content (AvgIpc) is 2.26. The lowest BCUT2D eigenvalue weighted by atomic mass is 10.2. The molecule has 0 saturated carbocycles. The molecule has 2 N–H and O–H groups in total. The van der Waals surface area contributed by atoms with Crippen LogP contribution in [0.25, 0.3) is 0 Å². The molecule has 0 atom stereocenters. The molecule has 0 fully saturated rings. The second-order valence-corrected chi connectivity index (χ2v) is 4.21. The normalized spacial score (nSPS) is 11.8. The average molecular weight is 257 g/mol. The molecule has 0 aliphatic carbocycles. The van der Waals surface area contributed by atoms with Crippen molar-refractivity contribution in [2.45, 2.75) is 19.9 Å². The van der Waals surface area contributed by atoms with Crippen LogP contribution in [0.5, 0.6) is 11.5 Å². The zero-order valence-electron chi connectivity index (χ0n) is 10.5. The van der Waals surface area contributed by atoms with Crippen LogP contribution in [0.15, 0.2) is 17.1 Å². The van der Waals surface area contributed by atoms with E-state index in [4.69, 9.17) is 26.8 Å². The summed E-state index contributed by atoms with van der Waals surface area (Å²) in [7, 11) is 3.09. The number of methoxy groups -OCH3 is 2. The van der Waals surface area contributed by atoms with Gasteiger partial charge >= 0.3 is 0 Å². The molecule has 0 heterocycles. The van der Waals surface area contributed by atoms with Crippen molar-refractivity contribution in [3.05, 3.63) is 22.7 Å². The Kier molecular flexibility index (Phi) is 4.63. The number of amidine groups is 1. The Balaban J connectivity index is 3.24. The summed E-state index contributed by atoms with van der Waals surface area (Å²) in [6.45, 7) is 3.91. The van der Waals surface area contributed by atoms with Gasteiger partial charge in [0.05, 0.1) is 19.2 Å². The molecule has 1 aromatic rings. The van der Waals surface area contributed by atoms with Gasteiger partial charge in [-0.2, -0.15) is 0 Å². The minimum atomic E-state index is 0.127. The van der Waals surface area contributed by atoms with E-state index in [-0.39, 0.29) is 6.04 Å².